The molecular weight excluding hydrogens is 394 g/mol. The largest absolute Gasteiger partial charge is 0.493 e. The number of aliphatic hydroxyl groups is 1. The molecule has 0 saturated carbocycles. The first-order valence-corrected chi connectivity index (χ1v) is 9.92. The van der Waals surface area contributed by atoms with Crippen LogP contribution >= 0.6 is 11.6 Å². The van der Waals surface area contributed by atoms with Crippen molar-refractivity contribution in [3.63, 3.8) is 0 Å². The third-order valence-electron chi connectivity index (χ3n) is 4.40. The highest BCUT2D eigenvalue weighted by Crippen LogP contribution is 2.28. The van der Waals surface area contributed by atoms with Crippen molar-refractivity contribution in [2.24, 2.45) is 0 Å². The number of hydrogen-bond acceptors (Lipinski definition) is 6. The molecule has 0 aromatic heterocycles. The number of ether oxygens (including phenoxy) is 4. The number of benzene rings is 2. The number of aliphatic hydroxyl groups excluding tert-OH is 1. The lowest BCUT2D eigenvalue weighted by Gasteiger charge is -2.25. The fourth-order valence-corrected chi connectivity index (χ4v) is 3.10. The highest BCUT2D eigenvalue weighted by Gasteiger charge is 2.14. The third kappa shape index (κ3) is 8.11. The van der Waals surface area contributed by atoms with E-state index < -0.39 is 6.10 Å². The topological polar surface area (TPSA) is 60.4 Å². The second-order valence-electron chi connectivity index (χ2n) is 6.69. The maximum absolute atomic E-state index is 10.5. The van der Waals surface area contributed by atoms with E-state index in [1.807, 2.05) is 18.2 Å². The van der Waals surface area contributed by atoms with Crippen LogP contribution in [0, 0.1) is 0 Å². The molecule has 2 aromatic rings. The molecule has 6 nitrogen and oxygen atoms in total. The van der Waals surface area contributed by atoms with Crippen molar-refractivity contribution in [3.05, 3.63) is 53.1 Å². The first-order chi connectivity index (χ1) is 14.0. The lowest BCUT2D eigenvalue weighted by atomic mass is 10.1. The van der Waals surface area contributed by atoms with Crippen LogP contribution in [0.5, 0.6) is 17.2 Å². The van der Waals surface area contributed by atoms with Crippen LogP contribution in [0.4, 0.5) is 0 Å². The van der Waals surface area contributed by atoms with Gasteiger partial charge in [0.2, 0.25) is 0 Å². The number of nitrogens with zero attached hydrogens (tertiary/aromatic N) is 1. The maximum atomic E-state index is 10.5. The predicted molar refractivity (Wildman–Crippen MR) is 114 cm³/mol. The molecule has 29 heavy (non-hydrogen) atoms. The summed E-state index contributed by atoms with van der Waals surface area (Å²) in [6.45, 7) is 2.81. The molecule has 0 heterocycles. The summed E-state index contributed by atoms with van der Waals surface area (Å²) < 4.78 is 21.5. The van der Waals surface area contributed by atoms with Crippen LogP contribution in [0.15, 0.2) is 42.5 Å². The van der Waals surface area contributed by atoms with Crippen molar-refractivity contribution < 1.29 is 24.1 Å². The van der Waals surface area contributed by atoms with Crippen molar-refractivity contribution in [2.45, 2.75) is 19.1 Å². The molecule has 0 radical (unpaired) electrons. The van der Waals surface area contributed by atoms with Gasteiger partial charge in [-0.05, 0) is 48.4 Å². The van der Waals surface area contributed by atoms with Crippen molar-refractivity contribution in [1.82, 2.24) is 4.90 Å². The van der Waals surface area contributed by atoms with Crippen LogP contribution in [-0.4, -0.2) is 63.7 Å². The van der Waals surface area contributed by atoms with Crippen LogP contribution < -0.4 is 14.2 Å². The van der Waals surface area contributed by atoms with Crippen LogP contribution in [-0.2, 0) is 11.3 Å². The standard InChI is InChI=1S/C22H30ClNO5/c1-26-12-4-11-24(14-17-5-10-21(27-2)22(13-17)28-3)15-19(25)16-29-20-8-6-18(23)7-9-20/h5-10,13,19,25H,4,11-12,14-16H2,1-3H3/t19-/m1/s1. The summed E-state index contributed by atoms with van der Waals surface area (Å²) in [6, 6.07) is 12.9. The molecule has 1 N–H and O–H groups in total. The van der Waals surface area contributed by atoms with Gasteiger partial charge in [-0.25, -0.2) is 0 Å². The molecule has 0 saturated heterocycles. The quantitative estimate of drug-likeness (QED) is 0.496. The summed E-state index contributed by atoms with van der Waals surface area (Å²) >= 11 is 5.88. The van der Waals surface area contributed by atoms with E-state index in [2.05, 4.69) is 4.90 Å². The van der Waals surface area contributed by atoms with Crippen molar-refractivity contribution in [1.29, 1.82) is 0 Å². The third-order valence-corrected chi connectivity index (χ3v) is 4.65. The van der Waals surface area contributed by atoms with Gasteiger partial charge in [-0.3, -0.25) is 4.90 Å². The van der Waals surface area contributed by atoms with Gasteiger partial charge in [0.15, 0.2) is 11.5 Å². The van der Waals surface area contributed by atoms with Gasteiger partial charge in [0, 0.05) is 38.4 Å². The van der Waals surface area contributed by atoms with E-state index >= 15 is 0 Å². The normalized spacial score (nSPS) is 12.1. The number of halogens is 1. The molecule has 0 bridgehead atoms. The monoisotopic (exact) mass is 423 g/mol. The molecule has 0 aliphatic carbocycles. The second-order valence-corrected chi connectivity index (χ2v) is 7.13. The Kier molecular flexibility index (Phi) is 10.1. The molecule has 1 atom stereocenters. The fourth-order valence-electron chi connectivity index (χ4n) is 2.98. The SMILES string of the molecule is COCCCN(Cc1ccc(OC)c(OC)c1)C[C@@H](O)COc1ccc(Cl)cc1. The van der Waals surface area contributed by atoms with Crippen molar-refractivity contribution in [3.8, 4) is 17.2 Å². The Morgan fingerprint density at radius 1 is 1.00 bits per heavy atom. The molecule has 0 amide bonds. The molecule has 2 rings (SSSR count). The number of rotatable bonds is 13. The molecular formula is C22H30ClNO5. The van der Waals surface area contributed by atoms with E-state index in [0.29, 0.717) is 42.0 Å². The van der Waals surface area contributed by atoms with E-state index in [4.69, 9.17) is 30.5 Å². The molecule has 2 aromatic carbocycles. The molecule has 0 unspecified atom stereocenters. The Bertz CT molecular complexity index is 726. The van der Waals surface area contributed by atoms with E-state index in [-0.39, 0.29) is 6.61 Å². The second kappa shape index (κ2) is 12.5. The van der Waals surface area contributed by atoms with Crippen LogP contribution in [0.25, 0.3) is 0 Å². The summed E-state index contributed by atoms with van der Waals surface area (Å²) in [5, 5.41) is 11.1. The molecule has 0 spiro atoms. The average molecular weight is 424 g/mol. The van der Waals surface area contributed by atoms with Crippen molar-refractivity contribution in [2.75, 3.05) is 47.6 Å². The molecule has 160 valence electrons. The number of hydrogen-bond donors (Lipinski definition) is 1. The van der Waals surface area contributed by atoms with Gasteiger partial charge in [0.05, 0.1) is 14.2 Å². The zero-order valence-electron chi connectivity index (χ0n) is 17.3. The Morgan fingerprint density at radius 2 is 1.72 bits per heavy atom. The first kappa shape index (κ1) is 23.3. The van der Waals surface area contributed by atoms with Gasteiger partial charge in [-0.15, -0.1) is 0 Å². The summed E-state index contributed by atoms with van der Waals surface area (Å²) in [4.78, 5) is 2.18. The van der Waals surface area contributed by atoms with E-state index in [0.717, 1.165) is 18.5 Å². The molecule has 0 aliphatic heterocycles. The van der Waals surface area contributed by atoms with Gasteiger partial charge >= 0.3 is 0 Å². The zero-order chi connectivity index (χ0) is 21.1. The van der Waals surface area contributed by atoms with Crippen LogP contribution in [0.3, 0.4) is 0 Å². The van der Waals surface area contributed by atoms with E-state index in [1.165, 1.54) is 0 Å². The Hall–Kier alpha value is -1.99. The molecule has 0 aliphatic rings. The highest BCUT2D eigenvalue weighted by molar-refractivity contribution is 6.30. The maximum Gasteiger partial charge on any atom is 0.161 e. The summed E-state index contributed by atoms with van der Waals surface area (Å²) in [7, 11) is 4.93. The van der Waals surface area contributed by atoms with Crippen LogP contribution in [0.1, 0.15) is 12.0 Å². The summed E-state index contributed by atoms with van der Waals surface area (Å²) in [5.41, 5.74) is 1.07. The van der Waals surface area contributed by atoms with Gasteiger partial charge in [-0.2, -0.15) is 0 Å². The smallest absolute Gasteiger partial charge is 0.161 e. The fraction of sp³-hybridized carbons (Fsp3) is 0.455. The lowest BCUT2D eigenvalue weighted by Crippen LogP contribution is -2.36. The lowest BCUT2D eigenvalue weighted by molar-refractivity contribution is 0.0617. The number of methoxy groups -OCH3 is 3. The highest BCUT2D eigenvalue weighted by atomic mass is 35.5. The van der Waals surface area contributed by atoms with Gasteiger partial charge in [-0.1, -0.05) is 17.7 Å². The minimum Gasteiger partial charge on any atom is -0.493 e. The minimum atomic E-state index is -0.631. The first-order valence-electron chi connectivity index (χ1n) is 9.54. The molecule has 0 fully saturated rings. The predicted octanol–water partition coefficient (Wildman–Crippen LogP) is 3.64. The summed E-state index contributed by atoms with van der Waals surface area (Å²) in [5.74, 6) is 2.06. The van der Waals surface area contributed by atoms with Crippen LogP contribution in [0.2, 0.25) is 5.02 Å². The van der Waals surface area contributed by atoms with Gasteiger partial charge in [0.25, 0.3) is 0 Å². The van der Waals surface area contributed by atoms with Crippen molar-refractivity contribution >= 4 is 11.6 Å². The Morgan fingerprint density at radius 3 is 2.38 bits per heavy atom. The molecule has 7 heteroatoms. The van der Waals surface area contributed by atoms with E-state index in [1.54, 1.807) is 45.6 Å². The van der Waals surface area contributed by atoms with Gasteiger partial charge < -0.3 is 24.1 Å². The Balaban J connectivity index is 1.96. The van der Waals surface area contributed by atoms with Gasteiger partial charge in [0.1, 0.15) is 18.5 Å². The summed E-state index contributed by atoms with van der Waals surface area (Å²) in [6.07, 6.45) is 0.238. The minimum absolute atomic E-state index is 0.203. The van der Waals surface area contributed by atoms with E-state index in [9.17, 15) is 5.11 Å². The average Bonchev–Trinajstić information content (AvgIpc) is 2.73. The zero-order valence-corrected chi connectivity index (χ0v) is 18.0. The Labute approximate surface area is 177 Å².